The molecule has 2 heterocycles. The topological polar surface area (TPSA) is 54.0 Å². The van der Waals surface area contributed by atoms with Gasteiger partial charge in [-0.15, -0.1) is 0 Å². The highest BCUT2D eigenvalue weighted by Gasteiger charge is 2.18. The lowest BCUT2D eigenvalue weighted by Crippen LogP contribution is -2.41. The Labute approximate surface area is 112 Å². The molecule has 2 atom stereocenters. The molecule has 0 spiro atoms. The minimum Gasteiger partial charge on any atom is -0.349 e. The van der Waals surface area contributed by atoms with Gasteiger partial charge in [-0.1, -0.05) is 6.07 Å². The predicted octanol–water partition coefficient (Wildman–Crippen LogP) is 1.35. The molecule has 0 saturated carbocycles. The van der Waals surface area contributed by atoms with E-state index in [4.69, 9.17) is 0 Å². The number of amides is 1. The average molecular weight is 265 g/mol. The third-order valence-corrected chi connectivity index (χ3v) is 4.12. The molecule has 98 valence electrons. The van der Waals surface area contributed by atoms with Gasteiger partial charge < -0.3 is 10.6 Å². The molecule has 0 bridgehead atoms. The van der Waals surface area contributed by atoms with Crippen LogP contribution in [0.3, 0.4) is 0 Å². The normalized spacial score (nSPS) is 21.3. The Balaban J connectivity index is 1.80. The summed E-state index contributed by atoms with van der Waals surface area (Å²) in [5, 5.41) is 6.38. The molecule has 1 amide bonds. The van der Waals surface area contributed by atoms with E-state index in [0.29, 0.717) is 12.5 Å². The zero-order valence-corrected chi connectivity index (χ0v) is 11.4. The van der Waals surface area contributed by atoms with Crippen molar-refractivity contribution in [1.82, 2.24) is 15.6 Å². The number of nitrogens with zero attached hydrogens (tertiary/aromatic N) is 1. The van der Waals surface area contributed by atoms with Crippen molar-refractivity contribution in [2.75, 3.05) is 18.1 Å². The summed E-state index contributed by atoms with van der Waals surface area (Å²) in [5.41, 5.74) is 1.04. The molecule has 0 aromatic carbocycles. The summed E-state index contributed by atoms with van der Waals surface area (Å²) < 4.78 is 0. The summed E-state index contributed by atoms with van der Waals surface area (Å²) in [6, 6.07) is 4.19. The average Bonchev–Trinajstić information content (AvgIpc) is 2.40. The highest BCUT2D eigenvalue weighted by atomic mass is 32.2. The largest absolute Gasteiger partial charge is 0.349 e. The van der Waals surface area contributed by atoms with Crippen LogP contribution in [-0.2, 0) is 4.79 Å². The van der Waals surface area contributed by atoms with Crippen molar-refractivity contribution in [3.8, 4) is 0 Å². The molecule has 1 saturated heterocycles. The molecule has 5 heteroatoms. The molecule has 1 aliphatic heterocycles. The first kappa shape index (κ1) is 13.4. The fourth-order valence-electron chi connectivity index (χ4n) is 1.99. The summed E-state index contributed by atoms with van der Waals surface area (Å²) in [6.45, 7) is 2.98. The molecule has 1 aromatic rings. The number of aromatic nitrogens is 1. The number of rotatable bonds is 4. The van der Waals surface area contributed by atoms with Crippen molar-refractivity contribution in [1.29, 1.82) is 0 Å². The van der Waals surface area contributed by atoms with Crippen LogP contribution in [0.1, 0.15) is 24.9 Å². The van der Waals surface area contributed by atoms with Gasteiger partial charge in [0.05, 0.1) is 6.04 Å². The van der Waals surface area contributed by atoms with Gasteiger partial charge in [-0.05, 0) is 18.6 Å². The SMILES string of the molecule is CC(NC(=O)CC1CSCCN1)c1cccnc1. The van der Waals surface area contributed by atoms with Crippen LogP contribution in [0.4, 0.5) is 0 Å². The van der Waals surface area contributed by atoms with Gasteiger partial charge in [0.1, 0.15) is 0 Å². The molecule has 0 radical (unpaired) electrons. The summed E-state index contributed by atoms with van der Waals surface area (Å²) in [5.74, 6) is 2.27. The maximum atomic E-state index is 11.9. The van der Waals surface area contributed by atoms with Crippen LogP contribution in [0.5, 0.6) is 0 Å². The monoisotopic (exact) mass is 265 g/mol. The van der Waals surface area contributed by atoms with E-state index in [0.717, 1.165) is 23.6 Å². The first-order valence-corrected chi connectivity index (χ1v) is 7.41. The fourth-order valence-corrected chi connectivity index (χ4v) is 2.94. The van der Waals surface area contributed by atoms with E-state index in [-0.39, 0.29) is 11.9 Å². The number of hydrogen-bond donors (Lipinski definition) is 2. The van der Waals surface area contributed by atoms with Gasteiger partial charge in [-0.25, -0.2) is 0 Å². The number of thioether (sulfide) groups is 1. The minimum absolute atomic E-state index is 0.0162. The Kier molecular flexibility index (Phi) is 5.01. The zero-order chi connectivity index (χ0) is 12.8. The van der Waals surface area contributed by atoms with E-state index in [2.05, 4.69) is 15.6 Å². The standard InChI is InChI=1S/C13H19N3OS/c1-10(11-3-2-4-14-8-11)16-13(17)7-12-9-18-6-5-15-12/h2-4,8,10,12,15H,5-7,9H2,1H3,(H,16,17). The van der Waals surface area contributed by atoms with Gasteiger partial charge in [-0.3, -0.25) is 9.78 Å². The Morgan fingerprint density at radius 3 is 3.28 bits per heavy atom. The summed E-state index contributed by atoms with van der Waals surface area (Å²) in [7, 11) is 0. The highest BCUT2D eigenvalue weighted by Crippen LogP contribution is 2.13. The lowest BCUT2D eigenvalue weighted by molar-refractivity contribution is -0.122. The minimum atomic E-state index is 0.0162. The first-order valence-electron chi connectivity index (χ1n) is 6.26. The lowest BCUT2D eigenvalue weighted by atomic mass is 10.1. The van der Waals surface area contributed by atoms with Gasteiger partial charge >= 0.3 is 0 Å². The van der Waals surface area contributed by atoms with Crippen LogP contribution in [0.15, 0.2) is 24.5 Å². The third kappa shape index (κ3) is 3.99. The molecule has 4 nitrogen and oxygen atoms in total. The maximum Gasteiger partial charge on any atom is 0.222 e. The molecule has 1 aromatic heterocycles. The molecule has 1 fully saturated rings. The van der Waals surface area contributed by atoms with Crippen molar-refractivity contribution in [2.24, 2.45) is 0 Å². The summed E-state index contributed by atoms with van der Waals surface area (Å²) in [6.07, 6.45) is 4.08. The van der Waals surface area contributed by atoms with E-state index >= 15 is 0 Å². The van der Waals surface area contributed by atoms with Crippen molar-refractivity contribution in [3.05, 3.63) is 30.1 Å². The Bertz CT molecular complexity index is 379. The number of carbonyl (C=O) groups is 1. The van der Waals surface area contributed by atoms with E-state index in [1.807, 2.05) is 30.8 Å². The zero-order valence-electron chi connectivity index (χ0n) is 10.6. The molecular formula is C13H19N3OS. The molecule has 2 N–H and O–H groups in total. The van der Waals surface area contributed by atoms with Crippen molar-refractivity contribution in [2.45, 2.75) is 25.4 Å². The Hall–Kier alpha value is -1.07. The smallest absolute Gasteiger partial charge is 0.222 e. The van der Waals surface area contributed by atoms with Gasteiger partial charge in [0.25, 0.3) is 0 Å². The maximum absolute atomic E-state index is 11.9. The second-order valence-electron chi connectivity index (χ2n) is 4.51. The van der Waals surface area contributed by atoms with Gasteiger partial charge in [0.2, 0.25) is 5.91 Å². The van der Waals surface area contributed by atoms with Crippen LogP contribution in [-0.4, -0.2) is 35.0 Å². The Morgan fingerprint density at radius 2 is 2.61 bits per heavy atom. The quantitative estimate of drug-likeness (QED) is 0.863. The van der Waals surface area contributed by atoms with E-state index < -0.39 is 0 Å². The molecular weight excluding hydrogens is 246 g/mol. The first-order chi connectivity index (χ1) is 8.75. The van der Waals surface area contributed by atoms with Crippen LogP contribution >= 0.6 is 11.8 Å². The van der Waals surface area contributed by atoms with Gasteiger partial charge in [0, 0.05) is 42.9 Å². The number of pyridine rings is 1. The predicted molar refractivity (Wildman–Crippen MR) is 74.5 cm³/mol. The van der Waals surface area contributed by atoms with E-state index in [9.17, 15) is 4.79 Å². The second kappa shape index (κ2) is 6.75. The molecule has 2 unspecified atom stereocenters. The van der Waals surface area contributed by atoms with Crippen molar-refractivity contribution >= 4 is 17.7 Å². The van der Waals surface area contributed by atoms with Crippen LogP contribution in [0.25, 0.3) is 0 Å². The third-order valence-electron chi connectivity index (χ3n) is 2.99. The van der Waals surface area contributed by atoms with Gasteiger partial charge in [0.15, 0.2) is 0 Å². The Morgan fingerprint density at radius 1 is 1.72 bits per heavy atom. The lowest BCUT2D eigenvalue weighted by Gasteiger charge is -2.23. The van der Waals surface area contributed by atoms with Crippen LogP contribution < -0.4 is 10.6 Å². The second-order valence-corrected chi connectivity index (χ2v) is 5.66. The molecule has 2 rings (SSSR count). The van der Waals surface area contributed by atoms with Crippen molar-refractivity contribution in [3.63, 3.8) is 0 Å². The van der Waals surface area contributed by atoms with Crippen LogP contribution in [0, 0.1) is 0 Å². The molecule has 1 aliphatic rings. The number of hydrogen-bond acceptors (Lipinski definition) is 4. The molecule has 0 aliphatic carbocycles. The fraction of sp³-hybridized carbons (Fsp3) is 0.538. The van der Waals surface area contributed by atoms with E-state index in [1.165, 1.54) is 0 Å². The number of nitrogens with one attached hydrogen (secondary N) is 2. The van der Waals surface area contributed by atoms with Crippen LogP contribution in [0.2, 0.25) is 0 Å². The summed E-state index contributed by atoms with van der Waals surface area (Å²) in [4.78, 5) is 16.0. The summed E-state index contributed by atoms with van der Waals surface area (Å²) >= 11 is 1.91. The highest BCUT2D eigenvalue weighted by molar-refractivity contribution is 7.99. The van der Waals surface area contributed by atoms with Crippen molar-refractivity contribution < 1.29 is 4.79 Å². The van der Waals surface area contributed by atoms with E-state index in [1.54, 1.807) is 12.4 Å². The molecule has 18 heavy (non-hydrogen) atoms. The van der Waals surface area contributed by atoms with Gasteiger partial charge in [-0.2, -0.15) is 11.8 Å². The number of carbonyl (C=O) groups excluding carboxylic acids is 1.